The van der Waals surface area contributed by atoms with Gasteiger partial charge >= 0.3 is 0 Å². The molecule has 1 unspecified atom stereocenters. The molecule has 0 saturated heterocycles. The van der Waals surface area contributed by atoms with E-state index in [2.05, 4.69) is 9.82 Å². The molecule has 1 heterocycles. The molecule has 1 aromatic heterocycles. The number of halogens is 2. The molecule has 0 spiro atoms. The Morgan fingerprint density at radius 1 is 1.55 bits per heavy atom. The van der Waals surface area contributed by atoms with Gasteiger partial charge in [0, 0.05) is 23.6 Å². The van der Waals surface area contributed by atoms with Gasteiger partial charge in [-0.15, -0.1) is 21.5 Å². The molecule has 0 saturated carbocycles. The molecule has 5 nitrogen and oxygen atoms in total. The SMILES string of the molecule is C/C(F)=C\C/C(F)=C\C(C)c1nc(C)c(CCO[N+](=O)[O-])s1. The van der Waals surface area contributed by atoms with Crippen LogP contribution in [0.25, 0.3) is 0 Å². The van der Waals surface area contributed by atoms with Crippen LogP contribution in [0.4, 0.5) is 8.78 Å². The minimum atomic E-state index is -0.835. The Kier molecular flexibility index (Phi) is 7.10. The molecule has 22 heavy (non-hydrogen) atoms. The topological polar surface area (TPSA) is 65.3 Å². The molecule has 1 aromatic rings. The van der Waals surface area contributed by atoms with Crippen LogP contribution >= 0.6 is 11.3 Å². The molecular formula is C14H18F2N2O3S. The third kappa shape index (κ3) is 6.30. The fraction of sp³-hybridized carbons (Fsp3) is 0.500. The molecule has 122 valence electrons. The molecule has 0 fully saturated rings. The molecule has 0 aromatic carbocycles. The lowest BCUT2D eigenvalue weighted by Gasteiger charge is -2.02. The second-order valence-electron chi connectivity index (χ2n) is 4.76. The van der Waals surface area contributed by atoms with Gasteiger partial charge in [0.25, 0.3) is 5.09 Å². The second-order valence-corrected chi connectivity index (χ2v) is 5.88. The van der Waals surface area contributed by atoms with Crippen molar-refractivity contribution in [3.8, 4) is 0 Å². The van der Waals surface area contributed by atoms with Gasteiger partial charge in [0.05, 0.1) is 16.5 Å². The number of nitrogens with zero attached hydrogens (tertiary/aromatic N) is 2. The first kappa shape index (κ1) is 18.2. The fourth-order valence-corrected chi connectivity index (χ4v) is 2.81. The quantitative estimate of drug-likeness (QED) is 0.522. The smallest absolute Gasteiger partial charge is 0.294 e. The van der Waals surface area contributed by atoms with E-state index in [4.69, 9.17) is 0 Å². The van der Waals surface area contributed by atoms with Crippen molar-refractivity contribution in [3.05, 3.63) is 49.5 Å². The van der Waals surface area contributed by atoms with Crippen LogP contribution < -0.4 is 0 Å². The second kappa shape index (κ2) is 8.57. The maximum atomic E-state index is 13.6. The lowest BCUT2D eigenvalue weighted by Crippen LogP contribution is -2.04. The summed E-state index contributed by atoms with van der Waals surface area (Å²) in [6.45, 7) is 4.82. The Morgan fingerprint density at radius 3 is 2.82 bits per heavy atom. The standard InChI is InChI=1S/C14H18F2N2O3S/c1-9(8-12(16)5-4-10(2)15)14-17-11(3)13(22-14)6-7-21-18(19)20/h4,8-9H,5-7H2,1-3H3/b10-4+,12-8+. The average molecular weight is 332 g/mol. The molecule has 0 aliphatic heterocycles. The van der Waals surface area contributed by atoms with E-state index in [-0.39, 0.29) is 18.9 Å². The molecular weight excluding hydrogens is 314 g/mol. The highest BCUT2D eigenvalue weighted by molar-refractivity contribution is 7.11. The summed E-state index contributed by atoms with van der Waals surface area (Å²) in [6, 6.07) is 0. The lowest BCUT2D eigenvalue weighted by molar-refractivity contribution is -0.757. The Hall–Kier alpha value is -1.83. The predicted octanol–water partition coefficient (Wildman–Crippen LogP) is 4.42. The Labute approximate surface area is 131 Å². The van der Waals surface area contributed by atoms with Crippen molar-refractivity contribution >= 4 is 11.3 Å². The van der Waals surface area contributed by atoms with Gasteiger partial charge in [0.2, 0.25) is 0 Å². The number of thiazole rings is 1. The summed E-state index contributed by atoms with van der Waals surface area (Å²) in [5.74, 6) is -1.09. The van der Waals surface area contributed by atoms with E-state index in [1.54, 1.807) is 13.8 Å². The van der Waals surface area contributed by atoms with Gasteiger partial charge in [-0.1, -0.05) is 6.92 Å². The molecule has 1 rings (SSSR count). The summed E-state index contributed by atoms with van der Waals surface area (Å²) < 4.78 is 26.2. The highest BCUT2D eigenvalue weighted by Gasteiger charge is 2.13. The van der Waals surface area contributed by atoms with Crippen LogP contribution in [-0.4, -0.2) is 16.7 Å². The molecule has 0 aliphatic rings. The van der Waals surface area contributed by atoms with Crippen LogP contribution in [0.1, 0.15) is 41.8 Å². The van der Waals surface area contributed by atoms with E-state index in [1.807, 2.05) is 0 Å². The first-order valence-electron chi connectivity index (χ1n) is 6.71. The van der Waals surface area contributed by atoms with Crippen LogP contribution in [0.3, 0.4) is 0 Å². The monoisotopic (exact) mass is 332 g/mol. The van der Waals surface area contributed by atoms with Crippen molar-refractivity contribution < 1.29 is 18.7 Å². The van der Waals surface area contributed by atoms with E-state index in [0.717, 1.165) is 10.6 Å². The number of rotatable bonds is 8. The number of hydrogen-bond donors (Lipinski definition) is 0. The van der Waals surface area contributed by atoms with Crippen LogP contribution in [0, 0.1) is 17.0 Å². The van der Waals surface area contributed by atoms with E-state index >= 15 is 0 Å². The van der Waals surface area contributed by atoms with Gasteiger partial charge in [0.15, 0.2) is 0 Å². The summed E-state index contributed by atoms with van der Waals surface area (Å²) >= 11 is 1.37. The fourth-order valence-electron chi connectivity index (χ4n) is 1.74. The van der Waals surface area contributed by atoms with Crippen LogP contribution in [0.2, 0.25) is 0 Å². The van der Waals surface area contributed by atoms with E-state index in [0.29, 0.717) is 11.4 Å². The molecule has 1 atom stereocenters. The number of aromatic nitrogens is 1. The predicted molar refractivity (Wildman–Crippen MR) is 80.6 cm³/mol. The summed E-state index contributed by atoms with van der Waals surface area (Å²) in [5, 5.41) is 9.99. The van der Waals surface area contributed by atoms with E-state index in [1.165, 1.54) is 30.4 Å². The van der Waals surface area contributed by atoms with Gasteiger partial charge in [0.1, 0.15) is 12.4 Å². The van der Waals surface area contributed by atoms with Crippen LogP contribution in [0.15, 0.2) is 23.8 Å². The normalized spacial score (nSPS) is 14.0. The summed E-state index contributed by atoms with van der Waals surface area (Å²) in [5.41, 5.74) is 0.757. The van der Waals surface area contributed by atoms with E-state index in [9.17, 15) is 18.9 Å². The summed E-state index contributed by atoms with van der Waals surface area (Å²) in [4.78, 5) is 19.6. The van der Waals surface area contributed by atoms with Crippen molar-refractivity contribution in [2.75, 3.05) is 6.61 Å². The summed E-state index contributed by atoms with van der Waals surface area (Å²) in [6.07, 6.45) is 2.87. The van der Waals surface area contributed by atoms with Gasteiger partial charge in [-0.25, -0.2) is 13.8 Å². The minimum absolute atomic E-state index is 0.0331. The van der Waals surface area contributed by atoms with Crippen molar-refractivity contribution in [1.29, 1.82) is 0 Å². The van der Waals surface area contributed by atoms with Gasteiger partial charge in [-0.3, -0.25) is 0 Å². The Bertz CT molecular complexity index is 581. The van der Waals surface area contributed by atoms with Crippen molar-refractivity contribution in [1.82, 2.24) is 4.98 Å². The molecule has 0 amide bonds. The highest BCUT2D eigenvalue weighted by Crippen LogP contribution is 2.27. The first-order chi connectivity index (χ1) is 10.3. The zero-order chi connectivity index (χ0) is 16.7. The third-order valence-corrected chi connectivity index (χ3v) is 4.25. The van der Waals surface area contributed by atoms with Crippen molar-refractivity contribution in [3.63, 3.8) is 0 Å². The largest absolute Gasteiger partial charge is 0.314 e. The maximum absolute atomic E-state index is 13.6. The molecule has 0 radical (unpaired) electrons. The maximum Gasteiger partial charge on any atom is 0.294 e. The lowest BCUT2D eigenvalue weighted by atomic mass is 10.1. The number of hydrogen-bond acceptors (Lipinski definition) is 5. The third-order valence-electron chi connectivity index (χ3n) is 2.83. The molecule has 0 bridgehead atoms. The van der Waals surface area contributed by atoms with Gasteiger partial charge < -0.3 is 4.84 Å². The van der Waals surface area contributed by atoms with Crippen molar-refractivity contribution in [2.24, 2.45) is 0 Å². The van der Waals surface area contributed by atoms with Gasteiger partial charge in [-0.2, -0.15) is 0 Å². The molecule has 8 heteroatoms. The van der Waals surface area contributed by atoms with Gasteiger partial charge in [-0.05, 0) is 26.0 Å². The van der Waals surface area contributed by atoms with Crippen molar-refractivity contribution in [2.45, 2.75) is 39.5 Å². The number of allylic oxidation sites excluding steroid dienone is 4. The zero-order valence-corrected chi connectivity index (χ0v) is 13.5. The Morgan fingerprint density at radius 2 is 2.23 bits per heavy atom. The van der Waals surface area contributed by atoms with Crippen LogP contribution in [-0.2, 0) is 11.3 Å². The highest BCUT2D eigenvalue weighted by atomic mass is 32.1. The zero-order valence-electron chi connectivity index (χ0n) is 12.6. The minimum Gasteiger partial charge on any atom is -0.314 e. The Balaban J connectivity index is 2.70. The first-order valence-corrected chi connectivity index (χ1v) is 7.53. The van der Waals surface area contributed by atoms with E-state index < -0.39 is 16.7 Å². The summed E-state index contributed by atoms with van der Waals surface area (Å²) in [7, 11) is 0. The average Bonchev–Trinajstić information content (AvgIpc) is 2.78. The molecule has 0 N–H and O–H groups in total. The number of aryl methyl sites for hydroxylation is 1. The molecule has 0 aliphatic carbocycles. The van der Waals surface area contributed by atoms with Crippen LogP contribution in [0.5, 0.6) is 0 Å².